The number of carbonyl (C=O) groups excluding carboxylic acids is 1. The minimum atomic E-state index is -1.66. The molecule has 8 nitrogen and oxygen atoms in total. The lowest BCUT2D eigenvalue weighted by Gasteiger charge is -2.44. The Balaban J connectivity index is 1.53. The number of amides is 1. The number of hydrogen-bond donors (Lipinski definition) is 0. The first kappa shape index (κ1) is 26.5. The number of halogens is 2. The molecule has 11 heteroatoms. The Bertz CT molecular complexity index is 1250. The lowest BCUT2D eigenvalue weighted by molar-refractivity contribution is -0.0539. The molecule has 1 aliphatic heterocycles. The van der Waals surface area contributed by atoms with Crippen LogP contribution in [0.1, 0.15) is 26.3 Å². The van der Waals surface area contributed by atoms with Gasteiger partial charge in [0.25, 0.3) is 0 Å². The molecular weight excluding hydrogens is 501 g/mol. The highest BCUT2D eigenvalue weighted by Crippen LogP contribution is 2.37. The molecule has 0 radical (unpaired) electrons. The first-order chi connectivity index (χ1) is 16.8. The quantitative estimate of drug-likeness (QED) is 0.214. The number of pyridine rings is 1. The maximum Gasteiger partial charge on any atom is 0.410 e. The highest BCUT2D eigenvalue weighted by Gasteiger charge is 2.48. The number of rotatable bonds is 7. The zero-order chi connectivity index (χ0) is 26.3. The van der Waals surface area contributed by atoms with E-state index in [0.717, 1.165) is 11.7 Å². The van der Waals surface area contributed by atoms with Gasteiger partial charge >= 0.3 is 6.09 Å². The molecule has 36 heavy (non-hydrogen) atoms. The van der Waals surface area contributed by atoms with Gasteiger partial charge in [-0.3, -0.25) is 9.55 Å². The van der Waals surface area contributed by atoms with Crippen LogP contribution in [0, 0.1) is 0 Å². The lowest BCUT2D eigenvalue weighted by Crippen LogP contribution is -2.59. The topological polar surface area (TPSA) is 82.4 Å². The SMILES string of the molecule is CC(C)(C)OC(=O)N1CC(F)(c2ccc(-c3cc4c(Cl)ncnc4n3COCC[Si](C)(C)C)nc2)C1. The Morgan fingerprint density at radius 1 is 1.19 bits per heavy atom. The van der Waals surface area contributed by atoms with Gasteiger partial charge < -0.3 is 14.4 Å². The molecule has 0 spiro atoms. The van der Waals surface area contributed by atoms with E-state index in [1.165, 1.54) is 17.4 Å². The predicted molar refractivity (Wildman–Crippen MR) is 140 cm³/mol. The number of ether oxygens (including phenoxy) is 2. The van der Waals surface area contributed by atoms with E-state index in [-0.39, 0.29) is 19.8 Å². The molecule has 1 aliphatic rings. The van der Waals surface area contributed by atoms with Gasteiger partial charge in [-0.15, -0.1) is 0 Å². The molecular formula is C25H33ClFN5O3Si. The van der Waals surface area contributed by atoms with Crippen molar-refractivity contribution in [3.05, 3.63) is 41.4 Å². The van der Waals surface area contributed by atoms with Crippen LogP contribution in [0.25, 0.3) is 22.4 Å². The van der Waals surface area contributed by atoms with Crippen LogP contribution in [0.5, 0.6) is 0 Å². The molecule has 0 aliphatic carbocycles. The smallest absolute Gasteiger partial charge is 0.410 e. The van der Waals surface area contributed by atoms with Crippen LogP contribution in [0.2, 0.25) is 30.8 Å². The molecule has 0 saturated carbocycles. The molecule has 1 saturated heterocycles. The van der Waals surface area contributed by atoms with E-state index >= 15 is 4.39 Å². The van der Waals surface area contributed by atoms with Crippen molar-refractivity contribution in [1.29, 1.82) is 0 Å². The number of fused-ring (bicyclic) bond motifs is 1. The lowest BCUT2D eigenvalue weighted by atomic mass is 9.89. The summed E-state index contributed by atoms with van der Waals surface area (Å²) in [5, 5.41) is 1.04. The molecule has 3 aromatic rings. The average molecular weight is 534 g/mol. The molecule has 4 heterocycles. The molecule has 0 N–H and O–H groups in total. The summed E-state index contributed by atoms with van der Waals surface area (Å²) in [6.07, 6.45) is 2.42. The van der Waals surface area contributed by atoms with Crippen LogP contribution in [-0.4, -0.2) is 63.9 Å². The summed E-state index contributed by atoms with van der Waals surface area (Å²) in [7, 11) is -1.23. The molecule has 0 unspecified atom stereocenters. The minimum Gasteiger partial charge on any atom is -0.444 e. The second-order valence-electron chi connectivity index (χ2n) is 11.4. The van der Waals surface area contributed by atoms with Crippen molar-refractivity contribution >= 4 is 36.8 Å². The van der Waals surface area contributed by atoms with Crippen molar-refractivity contribution in [1.82, 2.24) is 24.4 Å². The van der Waals surface area contributed by atoms with Crippen molar-refractivity contribution < 1.29 is 18.7 Å². The average Bonchev–Trinajstić information content (AvgIpc) is 3.12. The third-order valence-electron chi connectivity index (χ3n) is 5.94. The Labute approximate surface area is 216 Å². The van der Waals surface area contributed by atoms with E-state index in [4.69, 9.17) is 21.1 Å². The molecule has 0 aromatic carbocycles. The molecule has 4 rings (SSSR count). The van der Waals surface area contributed by atoms with Gasteiger partial charge in [0.1, 0.15) is 29.5 Å². The van der Waals surface area contributed by atoms with Gasteiger partial charge in [0.15, 0.2) is 5.67 Å². The van der Waals surface area contributed by atoms with Gasteiger partial charge in [0.05, 0.1) is 29.9 Å². The van der Waals surface area contributed by atoms with E-state index in [9.17, 15) is 4.79 Å². The van der Waals surface area contributed by atoms with Crippen molar-refractivity contribution in [3.8, 4) is 11.4 Å². The summed E-state index contributed by atoms with van der Waals surface area (Å²) in [6.45, 7) is 13.1. The number of alkyl halides is 1. The van der Waals surface area contributed by atoms with Crippen molar-refractivity contribution in [2.75, 3.05) is 19.7 Å². The molecule has 1 amide bonds. The molecule has 3 aromatic heterocycles. The number of likely N-dealkylation sites (tertiary alicyclic amines) is 1. The summed E-state index contributed by atoms with van der Waals surface area (Å²) in [5.41, 5.74) is 0.163. The fraction of sp³-hybridized carbons (Fsp3) is 0.520. The number of nitrogens with zero attached hydrogens (tertiary/aromatic N) is 5. The maximum absolute atomic E-state index is 15.5. The van der Waals surface area contributed by atoms with Gasteiger partial charge in [-0.2, -0.15) is 0 Å². The standard InChI is InChI=1S/C25H33ClFN5O3Si/c1-24(2,3)35-23(33)31-13-25(27,14-31)17-7-8-19(28-12-17)20-11-18-21(26)29-15-30-22(18)32(20)16-34-9-10-36(4,5)6/h7-8,11-12,15H,9-10,13-14,16H2,1-6H3. The third-order valence-corrected chi connectivity index (χ3v) is 7.94. The van der Waals surface area contributed by atoms with Gasteiger partial charge in [-0.05, 0) is 38.9 Å². The second kappa shape index (κ2) is 9.72. The Kier molecular flexibility index (Phi) is 7.15. The van der Waals surface area contributed by atoms with Gasteiger partial charge in [0.2, 0.25) is 0 Å². The van der Waals surface area contributed by atoms with Gasteiger partial charge in [0, 0.05) is 26.4 Å². The zero-order valence-corrected chi connectivity index (χ0v) is 23.4. The first-order valence-corrected chi connectivity index (χ1v) is 16.1. The predicted octanol–water partition coefficient (Wildman–Crippen LogP) is 5.87. The van der Waals surface area contributed by atoms with Crippen LogP contribution in [0.15, 0.2) is 30.7 Å². The van der Waals surface area contributed by atoms with E-state index < -0.39 is 25.4 Å². The fourth-order valence-electron chi connectivity index (χ4n) is 3.92. The second-order valence-corrected chi connectivity index (χ2v) is 17.4. The molecule has 0 bridgehead atoms. The summed E-state index contributed by atoms with van der Waals surface area (Å²) in [5.74, 6) is 0. The summed E-state index contributed by atoms with van der Waals surface area (Å²) >= 11 is 6.33. The summed E-state index contributed by atoms with van der Waals surface area (Å²) in [4.78, 5) is 26.6. The van der Waals surface area contributed by atoms with E-state index in [1.807, 2.05) is 10.6 Å². The Morgan fingerprint density at radius 2 is 1.92 bits per heavy atom. The van der Waals surface area contributed by atoms with E-state index in [2.05, 4.69) is 34.6 Å². The highest BCUT2D eigenvalue weighted by molar-refractivity contribution is 6.76. The van der Waals surface area contributed by atoms with Crippen molar-refractivity contribution in [2.45, 2.75) is 64.5 Å². The van der Waals surface area contributed by atoms with Crippen LogP contribution < -0.4 is 0 Å². The number of carbonyl (C=O) groups is 1. The number of aromatic nitrogens is 4. The highest BCUT2D eigenvalue weighted by atomic mass is 35.5. The minimum absolute atomic E-state index is 0.0701. The van der Waals surface area contributed by atoms with Crippen LogP contribution in [0.3, 0.4) is 0 Å². The summed E-state index contributed by atoms with van der Waals surface area (Å²) < 4.78 is 28.7. The first-order valence-electron chi connectivity index (χ1n) is 12.0. The van der Waals surface area contributed by atoms with Crippen molar-refractivity contribution in [3.63, 3.8) is 0 Å². The molecule has 0 atom stereocenters. The summed E-state index contributed by atoms with van der Waals surface area (Å²) in [6, 6.07) is 6.39. The van der Waals surface area contributed by atoms with E-state index in [1.54, 1.807) is 32.9 Å². The normalized spacial score (nSPS) is 15.7. The van der Waals surface area contributed by atoms with Gasteiger partial charge in [-0.25, -0.2) is 19.2 Å². The van der Waals surface area contributed by atoms with Gasteiger partial charge in [-0.1, -0.05) is 37.3 Å². The molecule has 194 valence electrons. The zero-order valence-electron chi connectivity index (χ0n) is 21.6. The third kappa shape index (κ3) is 5.87. The van der Waals surface area contributed by atoms with Crippen molar-refractivity contribution in [2.24, 2.45) is 0 Å². The number of hydrogen-bond acceptors (Lipinski definition) is 6. The Hall–Kier alpha value is -2.56. The maximum atomic E-state index is 15.5. The fourth-order valence-corrected chi connectivity index (χ4v) is 4.86. The van der Waals surface area contributed by atoms with Crippen LogP contribution in [-0.2, 0) is 21.9 Å². The monoisotopic (exact) mass is 533 g/mol. The van der Waals surface area contributed by atoms with E-state index in [0.29, 0.717) is 34.1 Å². The molecule has 1 fully saturated rings. The largest absolute Gasteiger partial charge is 0.444 e. The Morgan fingerprint density at radius 3 is 2.53 bits per heavy atom. The van der Waals surface area contributed by atoms with Crippen LogP contribution in [0.4, 0.5) is 9.18 Å². The van der Waals surface area contributed by atoms with Crippen LogP contribution >= 0.6 is 11.6 Å².